The summed E-state index contributed by atoms with van der Waals surface area (Å²) in [5, 5.41) is 18.3. The number of nitrogens with one attached hydrogen (secondary N) is 2. The Morgan fingerprint density at radius 2 is 1.84 bits per heavy atom. The van der Waals surface area contributed by atoms with Gasteiger partial charge in [-0.3, -0.25) is 19.3 Å². The van der Waals surface area contributed by atoms with Crippen LogP contribution in [0.15, 0.2) is 36.9 Å². The first-order chi connectivity index (χ1) is 14.7. The lowest BCUT2D eigenvalue weighted by atomic mass is 10.0. The van der Waals surface area contributed by atoms with Crippen molar-refractivity contribution in [1.82, 2.24) is 30.4 Å². The Kier molecular flexibility index (Phi) is 6.59. The first kappa shape index (κ1) is 22.3. The summed E-state index contributed by atoms with van der Waals surface area (Å²) in [6.45, 7) is 10.1. The number of carbonyl (C=O) groups excluding carboxylic acids is 3. The van der Waals surface area contributed by atoms with E-state index in [1.54, 1.807) is 16.8 Å². The zero-order valence-corrected chi connectivity index (χ0v) is 18.0. The Morgan fingerprint density at radius 1 is 1.19 bits per heavy atom. The van der Waals surface area contributed by atoms with Crippen LogP contribution in [0.25, 0.3) is 0 Å². The highest BCUT2D eigenvalue weighted by molar-refractivity contribution is 6.01. The third-order valence-corrected chi connectivity index (χ3v) is 4.92. The fraction of sp³-hybridized carbons (Fsp3) is 0.429. The van der Waals surface area contributed by atoms with Crippen molar-refractivity contribution in [3.63, 3.8) is 0 Å². The van der Waals surface area contributed by atoms with Crippen molar-refractivity contribution >= 4 is 23.4 Å². The van der Waals surface area contributed by atoms with E-state index in [2.05, 4.69) is 32.7 Å². The van der Waals surface area contributed by atoms with Gasteiger partial charge in [-0.15, -0.1) is 5.10 Å². The van der Waals surface area contributed by atoms with E-state index in [9.17, 15) is 14.4 Å². The number of hydrogen-bond acceptors (Lipinski definition) is 7. The molecule has 0 saturated carbocycles. The van der Waals surface area contributed by atoms with Crippen molar-refractivity contribution in [2.24, 2.45) is 0 Å². The van der Waals surface area contributed by atoms with Crippen LogP contribution in [0.4, 0.5) is 5.69 Å². The molecule has 2 aromatic rings. The molecule has 0 spiro atoms. The number of anilines is 1. The van der Waals surface area contributed by atoms with E-state index >= 15 is 0 Å². The Labute approximate surface area is 180 Å². The highest BCUT2D eigenvalue weighted by Crippen LogP contribution is 2.25. The summed E-state index contributed by atoms with van der Waals surface area (Å²) >= 11 is 0. The number of tetrazole rings is 1. The smallest absolute Gasteiger partial charge is 0.247 e. The first-order valence-electron chi connectivity index (χ1n) is 10.1. The molecule has 0 aliphatic carbocycles. The van der Waals surface area contributed by atoms with Gasteiger partial charge in [-0.1, -0.05) is 18.7 Å². The molecule has 1 fully saturated rings. The van der Waals surface area contributed by atoms with Crippen LogP contribution in [-0.4, -0.2) is 55.9 Å². The largest absolute Gasteiger partial charge is 0.323 e. The minimum atomic E-state index is -0.383. The normalized spacial score (nSPS) is 15.3. The van der Waals surface area contributed by atoms with E-state index < -0.39 is 0 Å². The zero-order valence-electron chi connectivity index (χ0n) is 18.0. The van der Waals surface area contributed by atoms with Gasteiger partial charge in [0.1, 0.15) is 0 Å². The highest BCUT2D eigenvalue weighted by atomic mass is 16.2. The summed E-state index contributed by atoms with van der Waals surface area (Å²) in [5.41, 5.74) is 1.16. The number of benzene rings is 1. The van der Waals surface area contributed by atoms with Crippen molar-refractivity contribution in [3.8, 4) is 0 Å². The summed E-state index contributed by atoms with van der Waals surface area (Å²) in [6, 6.07) is 6.91. The second-order valence-electron chi connectivity index (χ2n) is 8.26. The van der Waals surface area contributed by atoms with Gasteiger partial charge < -0.3 is 10.6 Å². The number of hydrogen-bond donors (Lipinski definition) is 2. The average molecular weight is 425 g/mol. The fourth-order valence-corrected chi connectivity index (χ4v) is 3.36. The molecule has 1 aliphatic rings. The zero-order chi connectivity index (χ0) is 22.6. The van der Waals surface area contributed by atoms with Crippen LogP contribution in [0.5, 0.6) is 0 Å². The number of likely N-dealkylation sites (tertiary alicyclic amines) is 1. The van der Waals surface area contributed by atoms with Gasteiger partial charge in [0.2, 0.25) is 17.7 Å². The van der Waals surface area contributed by atoms with Crippen molar-refractivity contribution in [2.45, 2.75) is 45.2 Å². The Bertz CT molecular complexity index is 960. The van der Waals surface area contributed by atoms with Gasteiger partial charge in [-0.2, -0.15) is 0 Å². The molecule has 10 nitrogen and oxygen atoms in total. The van der Waals surface area contributed by atoms with Crippen LogP contribution in [0, 0.1) is 0 Å². The SMILES string of the molecule is C=CC(=O)Nc1ccc(C(NCCN2C(=O)CCC2=O)c2nnnn2C(C)(C)C)cc1. The van der Waals surface area contributed by atoms with Crippen LogP contribution in [0.2, 0.25) is 0 Å². The minimum Gasteiger partial charge on any atom is -0.323 e. The molecule has 0 bridgehead atoms. The van der Waals surface area contributed by atoms with Gasteiger partial charge in [-0.05, 0) is 55.0 Å². The van der Waals surface area contributed by atoms with E-state index in [-0.39, 0.29) is 48.7 Å². The van der Waals surface area contributed by atoms with Gasteiger partial charge in [0.25, 0.3) is 0 Å². The summed E-state index contributed by atoms with van der Waals surface area (Å²) in [6.07, 6.45) is 1.74. The number of amides is 3. The second-order valence-corrected chi connectivity index (χ2v) is 8.26. The Balaban J connectivity index is 1.83. The van der Waals surface area contributed by atoms with E-state index in [1.165, 1.54) is 11.0 Å². The fourth-order valence-electron chi connectivity index (χ4n) is 3.36. The maximum absolute atomic E-state index is 11.9. The molecule has 2 heterocycles. The first-order valence-corrected chi connectivity index (χ1v) is 10.1. The van der Waals surface area contributed by atoms with Crippen LogP contribution < -0.4 is 10.6 Å². The van der Waals surface area contributed by atoms with E-state index in [0.717, 1.165) is 5.56 Å². The predicted molar refractivity (Wildman–Crippen MR) is 114 cm³/mol. The van der Waals surface area contributed by atoms with E-state index in [4.69, 9.17) is 0 Å². The summed E-state index contributed by atoms with van der Waals surface area (Å²) in [5.74, 6) is 0.0175. The van der Waals surface area contributed by atoms with Gasteiger partial charge >= 0.3 is 0 Å². The van der Waals surface area contributed by atoms with Crippen molar-refractivity contribution in [2.75, 3.05) is 18.4 Å². The van der Waals surface area contributed by atoms with Crippen LogP contribution in [0.3, 0.4) is 0 Å². The average Bonchev–Trinajstić information content (AvgIpc) is 3.34. The molecule has 164 valence electrons. The number of aromatic nitrogens is 4. The standard InChI is InChI=1S/C21H27N7O3/c1-5-16(29)23-15-8-6-14(7-9-15)19(20-24-25-26-28(20)21(2,3)4)22-12-13-27-17(30)10-11-18(27)31/h5-9,19,22H,1,10-13H2,2-4H3,(H,23,29). The number of rotatable bonds is 8. The Morgan fingerprint density at radius 3 is 2.42 bits per heavy atom. The van der Waals surface area contributed by atoms with Crippen molar-refractivity contribution in [1.29, 1.82) is 0 Å². The molecule has 1 aliphatic heterocycles. The summed E-state index contributed by atoms with van der Waals surface area (Å²) in [7, 11) is 0. The molecule has 31 heavy (non-hydrogen) atoms. The molecule has 2 N–H and O–H groups in total. The minimum absolute atomic E-state index is 0.148. The van der Waals surface area contributed by atoms with Crippen LogP contribution in [-0.2, 0) is 19.9 Å². The van der Waals surface area contributed by atoms with Crippen LogP contribution in [0.1, 0.15) is 51.0 Å². The molecule has 3 amide bonds. The molecule has 1 atom stereocenters. The van der Waals surface area contributed by atoms with Gasteiger partial charge in [0, 0.05) is 31.6 Å². The van der Waals surface area contributed by atoms with Crippen molar-refractivity contribution < 1.29 is 14.4 Å². The van der Waals surface area contributed by atoms with Gasteiger partial charge in [0.15, 0.2) is 5.82 Å². The highest BCUT2D eigenvalue weighted by Gasteiger charge is 2.30. The van der Waals surface area contributed by atoms with Gasteiger partial charge in [0.05, 0.1) is 11.6 Å². The lowest BCUT2D eigenvalue weighted by Gasteiger charge is -2.25. The van der Waals surface area contributed by atoms with E-state index in [1.807, 2.05) is 32.9 Å². The van der Waals surface area contributed by atoms with E-state index in [0.29, 0.717) is 18.1 Å². The molecule has 3 rings (SSSR count). The van der Waals surface area contributed by atoms with Gasteiger partial charge in [-0.25, -0.2) is 4.68 Å². The van der Waals surface area contributed by atoms with Crippen LogP contribution >= 0.6 is 0 Å². The lowest BCUT2D eigenvalue weighted by Crippen LogP contribution is -2.38. The second kappa shape index (κ2) is 9.17. The topological polar surface area (TPSA) is 122 Å². The van der Waals surface area contributed by atoms with Crippen molar-refractivity contribution in [3.05, 3.63) is 48.3 Å². The maximum Gasteiger partial charge on any atom is 0.247 e. The molecular formula is C21H27N7O3. The molecule has 1 saturated heterocycles. The molecule has 1 aromatic carbocycles. The third kappa shape index (κ3) is 5.21. The summed E-state index contributed by atoms with van der Waals surface area (Å²) < 4.78 is 1.74. The number of carbonyl (C=O) groups is 3. The predicted octanol–water partition coefficient (Wildman–Crippen LogP) is 1.38. The summed E-state index contributed by atoms with van der Waals surface area (Å²) in [4.78, 5) is 36.6. The lowest BCUT2D eigenvalue weighted by molar-refractivity contribution is -0.138. The quantitative estimate of drug-likeness (QED) is 0.484. The molecular weight excluding hydrogens is 398 g/mol. The molecule has 10 heteroatoms. The molecule has 1 aromatic heterocycles. The number of nitrogens with zero attached hydrogens (tertiary/aromatic N) is 5. The third-order valence-electron chi connectivity index (χ3n) is 4.92. The monoisotopic (exact) mass is 425 g/mol. The number of imide groups is 1. The molecule has 1 unspecified atom stereocenters. The Hall–Kier alpha value is -3.40. The molecule has 0 radical (unpaired) electrons. The maximum atomic E-state index is 11.9.